The summed E-state index contributed by atoms with van der Waals surface area (Å²) >= 11 is 1.62. The zero-order chi connectivity index (χ0) is 15.8. The summed E-state index contributed by atoms with van der Waals surface area (Å²) < 4.78 is 0. The molecule has 1 aliphatic carbocycles. The first-order valence-electron chi connectivity index (χ1n) is 7.76. The molecule has 0 saturated heterocycles. The topological polar surface area (TPSA) is 69.8 Å². The SMILES string of the molecule is Cc1csc(C(NC(=O)Nc2cccc3[nH]ccc23)C2CC2)n1. The fourth-order valence-electron chi connectivity index (χ4n) is 2.82. The van der Waals surface area contributed by atoms with Crippen LogP contribution in [0, 0.1) is 12.8 Å². The summed E-state index contributed by atoms with van der Waals surface area (Å²) in [5.74, 6) is 0.509. The Morgan fingerprint density at radius 2 is 2.26 bits per heavy atom. The number of aromatic amines is 1. The average Bonchev–Trinajstić information content (AvgIpc) is 3.09. The number of benzene rings is 1. The number of carbonyl (C=O) groups excluding carboxylic acids is 1. The number of fused-ring (bicyclic) bond motifs is 1. The molecule has 1 aliphatic rings. The number of carbonyl (C=O) groups is 1. The second-order valence-electron chi connectivity index (χ2n) is 5.99. The molecule has 5 nitrogen and oxygen atoms in total. The Morgan fingerprint density at radius 3 is 3.00 bits per heavy atom. The number of thiazole rings is 1. The molecule has 0 bridgehead atoms. The first-order valence-corrected chi connectivity index (χ1v) is 8.64. The van der Waals surface area contributed by atoms with Gasteiger partial charge in [-0.15, -0.1) is 11.3 Å². The van der Waals surface area contributed by atoms with Gasteiger partial charge in [0.15, 0.2) is 0 Å². The van der Waals surface area contributed by atoms with E-state index in [1.54, 1.807) is 11.3 Å². The smallest absolute Gasteiger partial charge is 0.319 e. The fraction of sp³-hybridized carbons (Fsp3) is 0.294. The summed E-state index contributed by atoms with van der Waals surface area (Å²) in [5.41, 5.74) is 2.83. The fourth-order valence-corrected chi connectivity index (χ4v) is 3.76. The first kappa shape index (κ1) is 14.3. The monoisotopic (exact) mass is 326 g/mol. The number of anilines is 1. The highest BCUT2D eigenvalue weighted by atomic mass is 32.1. The van der Waals surface area contributed by atoms with Crippen molar-refractivity contribution < 1.29 is 4.79 Å². The predicted molar refractivity (Wildman–Crippen MR) is 92.8 cm³/mol. The lowest BCUT2D eigenvalue weighted by Crippen LogP contribution is -2.33. The van der Waals surface area contributed by atoms with Crippen LogP contribution in [0.1, 0.15) is 29.6 Å². The van der Waals surface area contributed by atoms with Gasteiger partial charge in [-0.25, -0.2) is 9.78 Å². The Kier molecular flexibility index (Phi) is 3.53. The molecule has 1 aromatic carbocycles. The van der Waals surface area contributed by atoms with Crippen LogP contribution in [0.25, 0.3) is 10.9 Å². The van der Waals surface area contributed by atoms with Gasteiger partial charge in [0, 0.05) is 28.2 Å². The third-order valence-corrected chi connectivity index (χ3v) is 5.17. The van der Waals surface area contributed by atoms with E-state index in [1.807, 2.05) is 42.8 Å². The highest BCUT2D eigenvalue weighted by molar-refractivity contribution is 7.09. The molecule has 2 amide bonds. The number of nitrogens with one attached hydrogen (secondary N) is 3. The maximum absolute atomic E-state index is 12.4. The second-order valence-corrected chi connectivity index (χ2v) is 6.87. The van der Waals surface area contributed by atoms with Crippen molar-refractivity contribution in [3.63, 3.8) is 0 Å². The minimum absolute atomic E-state index is 0.0131. The summed E-state index contributed by atoms with van der Waals surface area (Å²) in [4.78, 5) is 20.1. The Hall–Kier alpha value is -2.34. The molecule has 0 radical (unpaired) electrons. The molecule has 1 atom stereocenters. The zero-order valence-electron chi connectivity index (χ0n) is 12.8. The van der Waals surface area contributed by atoms with Crippen LogP contribution < -0.4 is 10.6 Å². The normalized spacial score (nSPS) is 15.5. The lowest BCUT2D eigenvalue weighted by Gasteiger charge is -2.16. The minimum Gasteiger partial charge on any atom is -0.361 e. The van der Waals surface area contributed by atoms with Crippen LogP contribution in [0.2, 0.25) is 0 Å². The first-order chi connectivity index (χ1) is 11.2. The molecule has 2 aromatic heterocycles. The Balaban J connectivity index is 1.51. The van der Waals surface area contributed by atoms with Crippen LogP contribution in [0.4, 0.5) is 10.5 Å². The Morgan fingerprint density at radius 1 is 1.39 bits per heavy atom. The van der Waals surface area contributed by atoms with Crippen molar-refractivity contribution in [2.24, 2.45) is 5.92 Å². The maximum Gasteiger partial charge on any atom is 0.319 e. The number of aryl methyl sites for hydroxylation is 1. The van der Waals surface area contributed by atoms with E-state index in [2.05, 4.69) is 20.6 Å². The highest BCUT2D eigenvalue weighted by Gasteiger charge is 2.35. The van der Waals surface area contributed by atoms with Crippen molar-refractivity contribution in [3.8, 4) is 0 Å². The minimum atomic E-state index is -0.177. The molecule has 1 unspecified atom stereocenters. The van der Waals surface area contributed by atoms with Crippen molar-refractivity contribution >= 4 is 34.0 Å². The standard InChI is InChI=1S/C17H18N4OS/c1-10-9-23-16(19-10)15(11-5-6-11)21-17(22)20-14-4-2-3-13-12(14)7-8-18-13/h2-4,7-9,11,15,18H,5-6H2,1H3,(H2,20,21,22). The van der Waals surface area contributed by atoms with Gasteiger partial charge in [0.25, 0.3) is 0 Å². The van der Waals surface area contributed by atoms with Crippen molar-refractivity contribution in [2.45, 2.75) is 25.8 Å². The van der Waals surface area contributed by atoms with Gasteiger partial charge in [-0.3, -0.25) is 0 Å². The molecule has 0 spiro atoms. The van der Waals surface area contributed by atoms with Crippen molar-refractivity contribution in [3.05, 3.63) is 46.5 Å². The molecule has 0 aliphatic heterocycles. The lowest BCUT2D eigenvalue weighted by atomic mass is 10.2. The van der Waals surface area contributed by atoms with E-state index in [1.165, 1.54) is 0 Å². The van der Waals surface area contributed by atoms with E-state index in [9.17, 15) is 4.79 Å². The number of H-pyrrole nitrogens is 1. The van der Waals surface area contributed by atoms with Gasteiger partial charge in [-0.1, -0.05) is 6.07 Å². The van der Waals surface area contributed by atoms with Gasteiger partial charge >= 0.3 is 6.03 Å². The summed E-state index contributed by atoms with van der Waals surface area (Å²) in [6, 6.07) is 7.63. The van der Waals surface area contributed by atoms with E-state index < -0.39 is 0 Å². The average molecular weight is 326 g/mol. The van der Waals surface area contributed by atoms with Crippen molar-refractivity contribution in [1.82, 2.24) is 15.3 Å². The molecular weight excluding hydrogens is 308 g/mol. The third-order valence-electron chi connectivity index (χ3n) is 4.13. The van der Waals surface area contributed by atoms with Gasteiger partial charge in [0.05, 0.1) is 11.7 Å². The largest absolute Gasteiger partial charge is 0.361 e. The van der Waals surface area contributed by atoms with Crippen LogP contribution in [0.3, 0.4) is 0 Å². The van der Waals surface area contributed by atoms with Crippen LogP contribution in [0.15, 0.2) is 35.8 Å². The van der Waals surface area contributed by atoms with Gasteiger partial charge in [-0.2, -0.15) is 0 Å². The summed E-state index contributed by atoms with van der Waals surface area (Å²) in [5, 5.41) is 10.1. The predicted octanol–water partition coefficient (Wildman–Crippen LogP) is 4.21. The second kappa shape index (κ2) is 5.70. The lowest BCUT2D eigenvalue weighted by molar-refractivity contribution is 0.247. The molecule has 3 aromatic rings. The van der Waals surface area contributed by atoms with Gasteiger partial charge < -0.3 is 15.6 Å². The molecule has 4 rings (SSSR count). The molecule has 6 heteroatoms. The van der Waals surface area contributed by atoms with E-state index in [-0.39, 0.29) is 12.1 Å². The number of hydrogen-bond acceptors (Lipinski definition) is 3. The molecule has 23 heavy (non-hydrogen) atoms. The van der Waals surface area contributed by atoms with Crippen LogP contribution in [-0.2, 0) is 0 Å². The Labute approximate surface area is 138 Å². The molecule has 3 N–H and O–H groups in total. The Bertz CT molecular complexity index is 849. The number of amides is 2. The van der Waals surface area contributed by atoms with E-state index in [4.69, 9.17) is 0 Å². The number of rotatable bonds is 4. The van der Waals surface area contributed by atoms with Gasteiger partial charge in [0.2, 0.25) is 0 Å². The van der Waals surface area contributed by atoms with E-state index in [0.717, 1.165) is 40.1 Å². The summed E-state index contributed by atoms with van der Waals surface area (Å²) in [6.07, 6.45) is 4.17. The summed E-state index contributed by atoms with van der Waals surface area (Å²) in [6.45, 7) is 1.98. The quantitative estimate of drug-likeness (QED) is 0.672. The number of nitrogens with zero attached hydrogens (tertiary/aromatic N) is 1. The maximum atomic E-state index is 12.4. The van der Waals surface area contributed by atoms with Gasteiger partial charge in [0.1, 0.15) is 5.01 Å². The number of hydrogen-bond donors (Lipinski definition) is 3. The third kappa shape index (κ3) is 2.94. The van der Waals surface area contributed by atoms with Crippen molar-refractivity contribution in [2.75, 3.05) is 5.32 Å². The van der Waals surface area contributed by atoms with Gasteiger partial charge in [-0.05, 0) is 43.9 Å². The highest BCUT2D eigenvalue weighted by Crippen LogP contribution is 2.41. The molecule has 1 saturated carbocycles. The molecule has 1 fully saturated rings. The van der Waals surface area contributed by atoms with Crippen molar-refractivity contribution in [1.29, 1.82) is 0 Å². The van der Waals surface area contributed by atoms with E-state index in [0.29, 0.717) is 5.92 Å². The number of urea groups is 1. The molecule has 2 heterocycles. The molecular formula is C17H18N4OS. The molecule has 118 valence electrons. The van der Waals surface area contributed by atoms with Crippen LogP contribution in [-0.4, -0.2) is 16.0 Å². The van der Waals surface area contributed by atoms with Crippen LogP contribution in [0.5, 0.6) is 0 Å². The van der Waals surface area contributed by atoms with E-state index >= 15 is 0 Å². The van der Waals surface area contributed by atoms with Crippen LogP contribution >= 0.6 is 11.3 Å². The summed E-state index contributed by atoms with van der Waals surface area (Å²) in [7, 11) is 0. The number of aromatic nitrogens is 2. The zero-order valence-corrected chi connectivity index (χ0v) is 13.6.